The number of nitrogens with zero attached hydrogens (tertiary/aromatic N) is 3. The summed E-state index contributed by atoms with van der Waals surface area (Å²) in [7, 11) is 0. The van der Waals surface area contributed by atoms with Crippen LogP contribution in [0.5, 0.6) is 0 Å². The highest BCUT2D eigenvalue weighted by Gasteiger charge is 2.23. The molecular formula is C12H9F2N3O3. The smallest absolute Gasteiger partial charge is 0.358 e. The van der Waals surface area contributed by atoms with E-state index in [1.165, 1.54) is 13.1 Å². The number of hydrogen-bond donors (Lipinski definition) is 0. The summed E-state index contributed by atoms with van der Waals surface area (Å²) in [6.07, 6.45) is 1.28. The van der Waals surface area contributed by atoms with Gasteiger partial charge in [-0.1, -0.05) is 0 Å². The highest BCUT2D eigenvalue weighted by Crippen LogP contribution is 2.17. The van der Waals surface area contributed by atoms with Gasteiger partial charge in [0.15, 0.2) is 17.4 Å². The van der Waals surface area contributed by atoms with Crippen LogP contribution in [0.3, 0.4) is 0 Å². The molecule has 1 unspecified atom stereocenters. The Hall–Kier alpha value is -2.64. The predicted octanol–water partition coefficient (Wildman–Crippen LogP) is 2.51. The molecular weight excluding hydrogens is 272 g/mol. The van der Waals surface area contributed by atoms with Crippen molar-refractivity contribution in [2.75, 3.05) is 0 Å². The molecule has 20 heavy (non-hydrogen) atoms. The van der Waals surface area contributed by atoms with Gasteiger partial charge in [-0.3, -0.25) is 4.79 Å². The van der Waals surface area contributed by atoms with Crippen LogP contribution in [0.2, 0.25) is 0 Å². The third-order valence-electron chi connectivity index (χ3n) is 2.76. The first-order valence-electron chi connectivity index (χ1n) is 5.59. The Kier molecular flexibility index (Phi) is 3.55. The van der Waals surface area contributed by atoms with Crippen LogP contribution in [-0.2, 0) is 0 Å². The van der Waals surface area contributed by atoms with E-state index in [1.54, 1.807) is 0 Å². The van der Waals surface area contributed by atoms with Crippen LogP contribution in [0.15, 0.2) is 30.5 Å². The van der Waals surface area contributed by atoms with Crippen molar-refractivity contribution in [1.82, 2.24) is 9.78 Å². The summed E-state index contributed by atoms with van der Waals surface area (Å²) in [6, 6.07) is 3.06. The quantitative estimate of drug-likeness (QED) is 0.490. The van der Waals surface area contributed by atoms with Gasteiger partial charge in [-0.05, 0) is 30.0 Å². The molecule has 0 aliphatic rings. The molecule has 104 valence electrons. The van der Waals surface area contributed by atoms with Crippen LogP contribution in [-0.4, -0.2) is 20.5 Å². The Morgan fingerprint density at radius 1 is 1.35 bits per heavy atom. The summed E-state index contributed by atoms with van der Waals surface area (Å²) >= 11 is 0. The molecule has 0 fully saturated rings. The average molecular weight is 281 g/mol. The fraction of sp³-hybridized carbons (Fsp3) is 0.167. The van der Waals surface area contributed by atoms with Crippen molar-refractivity contribution in [3.63, 3.8) is 0 Å². The maximum atomic E-state index is 13.1. The van der Waals surface area contributed by atoms with Gasteiger partial charge in [0.2, 0.25) is 0 Å². The van der Waals surface area contributed by atoms with E-state index in [0.29, 0.717) is 0 Å². The molecule has 0 N–H and O–H groups in total. The van der Waals surface area contributed by atoms with E-state index in [9.17, 15) is 23.7 Å². The zero-order valence-electron chi connectivity index (χ0n) is 10.3. The molecule has 0 aliphatic heterocycles. The van der Waals surface area contributed by atoms with Gasteiger partial charge in [-0.25, -0.2) is 8.78 Å². The first-order valence-corrected chi connectivity index (χ1v) is 5.59. The number of ketones is 1. The molecule has 1 aromatic heterocycles. The van der Waals surface area contributed by atoms with E-state index < -0.39 is 34.2 Å². The van der Waals surface area contributed by atoms with Crippen molar-refractivity contribution in [1.29, 1.82) is 0 Å². The van der Waals surface area contributed by atoms with Crippen LogP contribution in [0.1, 0.15) is 23.3 Å². The highest BCUT2D eigenvalue weighted by molar-refractivity contribution is 5.98. The summed E-state index contributed by atoms with van der Waals surface area (Å²) in [6.45, 7) is 1.46. The summed E-state index contributed by atoms with van der Waals surface area (Å²) in [5.41, 5.74) is -0.0328. The van der Waals surface area contributed by atoms with Gasteiger partial charge >= 0.3 is 5.82 Å². The van der Waals surface area contributed by atoms with Crippen molar-refractivity contribution in [3.05, 3.63) is 57.8 Å². The van der Waals surface area contributed by atoms with Crippen LogP contribution in [0.4, 0.5) is 14.6 Å². The monoisotopic (exact) mass is 281 g/mol. The SMILES string of the molecule is CC(C(=O)c1ccc(F)c(F)c1)n1ccc([N+](=O)[O-])n1. The zero-order valence-corrected chi connectivity index (χ0v) is 10.3. The maximum absolute atomic E-state index is 13.1. The number of hydrogen-bond acceptors (Lipinski definition) is 4. The largest absolute Gasteiger partial charge is 0.389 e. The van der Waals surface area contributed by atoms with Gasteiger partial charge in [0.1, 0.15) is 6.04 Å². The van der Waals surface area contributed by atoms with Gasteiger partial charge in [-0.15, -0.1) is 0 Å². The minimum Gasteiger partial charge on any atom is -0.358 e. The fourth-order valence-corrected chi connectivity index (χ4v) is 1.65. The van der Waals surface area contributed by atoms with Gasteiger partial charge in [-0.2, -0.15) is 4.68 Å². The Bertz CT molecular complexity index is 684. The number of carbonyl (C=O) groups excluding carboxylic acids is 1. The molecule has 1 aromatic carbocycles. The van der Waals surface area contributed by atoms with Crippen LogP contribution >= 0.6 is 0 Å². The van der Waals surface area contributed by atoms with Gasteiger partial charge in [0.25, 0.3) is 0 Å². The molecule has 0 amide bonds. The second-order valence-electron chi connectivity index (χ2n) is 4.08. The number of nitro groups is 1. The number of halogens is 2. The van der Waals surface area contributed by atoms with Gasteiger partial charge in [0, 0.05) is 5.56 Å². The molecule has 0 saturated heterocycles. The van der Waals surface area contributed by atoms with Gasteiger partial charge < -0.3 is 10.1 Å². The first kappa shape index (κ1) is 13.8. The molecule has 0 radical (unpaired) electrons. The summed E-state index contributed by atoms with van der Waals surface area (Å²) < 4.78 is 27.0. The molecule has 1 atom stereocenters. The second kappa shape index (κ2) is 5.16. The minimum absolute atomic E-state index is 0.0328. The molecule has 2 rings (SSSR count). The zero-order chi connectivity index (χ0) is 14.9. The molecule has 1 heterocycles. The summed E-state index contributed by atoms with van der Waals surface area (Å²) in [5, 5.41) is 14.1. The van der Waals surface area contributed by atoms with Crippen molar-refractivity contribution in [2.24, 2.45) is 0 Å². The summed E-state index contributed by atoms with van der Waals surface area (Å²) in [4.78, 5) is 21.9. The first-order chi connectivity index (χ1) is 9.40. The number of carbonyl (C=O) groups is 1. The standard InChI is InChI=1S/C12H9F2N3O3/c1-7(16-5-4-11(15-16)17(19)20)12(18)8-2-3-9(13)10(14)6-8/h2-7H,1H3. The number of aromatic nitrogens is 2. The molecule has 2 aromatic rings. The Morgan fingerprint density at radius 3 is 2.60 bits per heavy atom. The predicted molar refractivity (Wildman–Crippen MR) is 64.3 cm³/mol. The van der Waals surface area contributed by atoms with E-state index in [2.05, 4.69) is 5.10 Å². The molecule has 8 heteroatoms. The van der Waals surface area contributed by atoms with Crippen LogP contribution < -0.4 is 0 Å². The highest BCUT2D eigenvalue weighted by atomic mass is 19.2. The average Bonchev–Trinajstić information content (AvgIpc) is 2.90. The fourth-order valence-electron chi connectivity index (χ4n) is 1.65. The van der Waals surface area contributed by atoms with Crippen molar-refractivity contribution in [2.45, 2.75) is 13.0 Å². The van der Waals surface area contributed by atoms with Crippen molar-refractivity contribution >= 4 is 11.6 Å². The van der Waals surface area contributed by atoms with E-state index in [4.69, 9.17) is 0 Å². The minimum atomic E-state index is -1.13. The maximum Gasteiger partial charge on any atom is 0.389 e. The topological polar surface area (TPSA) is 78.0 Å². The van der Waals surface area contributed by atoms with E-state index in [1.807, 2.05) is 0 Å². The van der Waals surface area contributed by atoms with E-state index in [0.717, 1.165) is 28.9 Å². The lowest BCUT2D eigenvalue weighted by Crippen LogP contribution is -2.17. The van der Waals surface area contributed by atoms with E-state index in [-0.39, 0.29) is 5.56 Å². The Balaban J connectivity index is 2.27. The normalized spacial score (nSPS) is 12.2. The molecule has 0 bridgehead atoms. The van der Waals surface area contributed by atoms with Crippen LogP contribution in [0.25, 0.3) is 0 Å². The third-order valence-corrected chi connectivity index (χ3v) is 2.76. The van der Waals surface area contributed by atoms with E-state index >= 15 is 0 Å². The van der Waals surface area contributed by atoms with Crippen molar-refractivity contribution < 1.29 is 18.5 Å². The number of benzene rings is 1. The Labute approximate surface area is 111 Å². The lowest BCUT2D eigenvalue weighted by molar-refractivity contribution is -0.389. The lowest BCUT2D eigenvalue weighted by Gasteiger charge is -2.08. The van der Waals surface area contributed by atoms with Gasteiger partial charge in [0.05, 0.1) is 17.4 Å². The second-order valence-corrected chi connectivity index (χ2v) is 4.08. The lowest BCUT2D eigenvalue weighted by atomic mass is 10.1. The summed E-state index contributed by atoms with van der Waals surface area (Å²) in [5.74, 6) is -3.10. The van der Waals surface area contributed by atoms with Crippen LogP contribution in [0, 0.1) is 21.7 Å². The van der Waals surface area contributed by atoms with Crippen molar-refractivity contribution in [3.8, 4) is 0 Å². The molecule has 0 aliphatic carbocycles. The molecule has 0 spiro atoms. The molecule has 0 saturated carbocycles. The number of Topliss-reactive ketones (excluding diaryl/α,β-unsaturated/α-hetero) is 1. The third kappa shape index (κ3) is 2.53. The number of rotatable bonds is 4. The molecule has 6 nitrogen and oxygen atoms in total. The Morgan fingerprint density at radius 2 is 2.05 bits per heavy atom.